The number of unbranched alkanes of at least 4 members (excludes halogenated alkanes) is 5. The van der Waals surface area contributed by atoms with E-state index in [1.807, 2.05) is 0 Å². The number of nitrogens with one attached hydrogen (secondary N) is 3. The summed E-state index contributed by atoms with van der Waals surface area (Å²) in [5.41, 5.74) is 5.96. The molecule has 2 fully saturated rings. The van der Waals surface area contributed by atoms with Crippen LogP contribution in [0.2, 0.25) is 0 Å². The summed E-state index contributed by atoms with van der Waals surface area (Å²) in [6.45, 7) is 5.49. The summed E-state index contributed by atoms with van der Waals surface area (Å²) < 4.78 is 38.5. The molecule has 0 bridgehead atoms. The molecule has 2 aliphatic heterocycles. The van der Waals surface area contributed by atoms with Gasteiger partial charge >= 0.3 is 23.9 Å². The van der Waals surface area contributed by atoms with Crippen molar-refractivity contribution in [2.24, 2.45) is 11.7 Å². The van der Waals surface area contributed by atoms with Gasteiger partial charge in [-0.05, 0) is 57.8 Å². The Hall–Kier alpha value is -4.03. The summed E-state index contributed by atoms with van der Waals surface area (Å²) >= 11 is 0. The molecule has 362 valence electrons. The minimum atomic E-state index is -1.39. The summed E-state index contributed by atoms with van der Waals surface area (Å²) in [7, 11) is 0. The van der Waals surface area contributed by atoms with Crippen molar-refractivity contribution in [1.82, 2.24) is 16.0 Å². The third-order valence-corrected chi connectivity index (χ3v) is 10.4. The van der Waals surface area contributed by atoms with Crippen molar-refractivity contribution in [3.63, 3.8) is 0 Å². The zero-order valence-corrected chi connectivity index (χ0v) is 36.9. The lowest BCUT2D eigenvalue weighted by Gasteiger charge is -2.43. The van der Waals surface area contributed by atoms with E-state index in [4.69, 9.17) is 44.0 Å². The van der Waals surface area contributed by atoms with E-state index < -0.39 is 97.7 Å². The first-order valence-electron chi connectivity index (χ1n) is 21.7. The molecule has 0 aromatic heterocycles. The Balaban J connectivity index is 1.76. The van der Waals surface area contributed by atoms with Crippen molar-refractivity contribution < 1.29 is 87.1 Å². The quantitative estimate of drug-likeness (QED) is 0.0255. The highest BCUT2D eigenvalue weighted by Crippen LogP contribution is 2.31. The molecule has 3 amide bonds. The number of carboxylic acids is 1. The molecule has 2 rings (SSSR count). The van der Waals surface area contributed by atoms with Crippen molar-refractivity contribution >= 4 is 41.6 Å². The van der Waals surface area contributed by atoms with Crippen LogP contribution in [0.25, 0.3) is 0 Å². The second kappa shape index (κ2) is 30.2. The van der Waals surface area contributed by atoms with Crippen molar-refractivity contribution in [3.05, 3.63) is 0 Å². The molecule has 9 N–H and O–H groups in total. The zero-order chi connectivity index (χ0) is 46.9. The first-order chi connectivity index (χ1) is 29.9. The minimum absolute atomic E-state index is 0.0363. The molecule has 0 aliphatic carbocycles. The normalized spacial score (nSPS) is 26.2. The molecule has 11 atom stereocenters. The molecule has 2 heterocycles. The molecular weight excluding hydrogens is 836 g/mol. The Bertz CT molecular complexity index is 1440. The van der Waals surface area contributed by atoms with Gasteiger partial charge < -0.3 is 75.3 Å². The van der Waals surface area contributed by atoms with E-state index in [1.165, 1.54) is 20.8 Å². The highest BCUT2D eigenvalue weighted by Gasteiger charge is 2.48. The van der Waals surface area contributed by atoms with E-state index >= 15 is 0 Å². The second-order valence-electron chi connectivity index (χ2n) is 15.8. The van der Waals surface area contributed by atoms with E-state index in [0.717, 1.165) is 0 Å². The van der Waals surface area contributed by atoms with Gasteiger partial charge in [0.15, 0.2) is 18.7 Å². The van der Waals surface area contributed by atoms with E-state index in [0.29, 0.717) is 77.3 Å². The molecule has 0 radical (unpaired) electrons. The van der Waals surface area contributed by atoms with Crippen molar-refractivity contribution in [1.29, 1.82) is 0 Å². The topological polar surface area (TPSA) is 327 Å². The van der Waals surface area contributed by atoms with Gasteiger partial charge in [0.1, 0.15) is 43.2 Å². The molecule has 10 unspecified atom stereocenters. The van der Waals surface area contributed by atoms with Gasteiger partial charge in [-0.3, -0.25) is 33.6 Å². The molecule has 2 saturated heterocycles. The molecule has 0 aromatic rings. The summed E-state index contributed by atoms with van der Waals surface area (Å²) in [6.07, 6.45) is -3.60. The standard InChI is InChI=1S/C41H70N4O18/c1-24-37(60-26(3)48)38(61-27(4)49)29(22-46)62-40(24)57-20-12-8-15-31(50)43-18-11-7-14-28(39(56)44-19-10-5-6-17-33(52)53)45-32(51)16-9-13-21-58-41-34(42)36(55)35(54)30(63-41)23-59-25(2)47/h24,28-30,34-38,40-41,46,54-55H,5-23,42H2,1-4H3,(H,43,50)(H,44,56)(H,45,51)(H,52,53)/t24?,28-,29?,30?,34?,35?,36?,37?,38?,40?,41?/m0/s1. The number of carbonyl (C=O) groups excluding carboxylic acids is 6. The maximum atomic E-state index is 13.1. The van der Waals surface area contributed by atoms with E-state index in [1.54, 1.807) is 6.92 Å². The van der Waals surface area contributed by atoms with Crippen LogP contribution >= 0.6 is 0 Å². The van der Waals surface area contributed by atoms with Crippen molar-refractivity contribution in [3.8, 4) is 0 Å². The number of hydrogen-bond acceptors (Lipinski definition) is 18. The van der Waals surface area contributed by atoms with Gasteiger partial charge in [-0.2, -0.15) is 0 Å². The van der Waals surface area contributed by atoms with Gasteiger partial charge in [-0.15, -0.1) is 0 Å². The smallest absolute Gasteiger partial charge is 0.303 e. The van der Waals surface area contributed by atoms with Crippen LogP contribution in [-0.2, 0) is 66.7 Å². The predicted octanol–water partition coefficient (Wildman–Crippen LogP) is -0.553. The van der Waals surface area contributed by atoms with Gasteiger partial charge in [0, 0.05) is 72.3 Å². The Morgan fingerprint density at radius 1 is 0.667 bits per heavy atom. The number of ether oxygens (including phenoxy) is 7. The Kier molecular flexibility index (Phi) is 26.4. The van der Waals surface area contributed by atoms with Crippen molar-refractivity contribution in [2.45, 2.75) is 172 Å². The van der Waals surface area contributed by atoms with Gasteiger partial charge in [0.25, 0.3) is 0 Å². The number of aliphatic hydroxyl groups excluding tert-OH is 3. The zero-order valence-electron chi connectivity index (χ0n) is 36.9. The van der Waals surface area contributed by atoms with Crippen LogP contribution < -0.4 is 21.7 Å². The van der Waals surface area contributed by atoms with Crippen LogP contribution in [0.5, 0.6) is 0 Å². The van der Waals surface area contributed by atoms with Gasteiger partial charge in [0.05, 0.1) is 12.6 Å². The number of carbonyl (C=O) groups is 7. The van der Waals surface area contributed by atoms with E-state index in [9.17, 15) is 48.9 Å². The Morgan fingerprint density at radius 2 is 1.24 bits per heavy atom. The molecular formula is C41H70N4O18. The number of amides is 3. The molecule has 0 aromatic carbocycles. The minimum Gasteiger partial charge on any atom is -0.481 e. The number of carboxylic acid groups (broad SMARTS) is 1. The van der Waals surface area contributed by atoms with Crippen LogP contribution in [0, 0.1) is 5.92 Å². The van der Waals surface area contributed by atoms with Crippen LogP contribution in [0.1, 0.15) is 111 Å². The SMILES string of the molecule is CC(=O)OCC1OC(OCCCCC(=O)N[C@@H](CCCCNC(=O)CCCCOC2OC(CO)C(OC(C)=O)C(OC(C)=O)C2C)C(=O)NCCCCCC(=O)O)C(N)C(O)C1O. The summed E-state index contributed by atoms with van der Waals surface area (Å²) in [5, 5.41) is 47.6. The van der Waals surface area contributed by atoms with Gasteiger partial charge in [0.2, 0.25) is 17.7 Å². The number of aliphatic carboxylic acids is 1. The fourth-order valence-corrected chi connectivity index (χ4v) is 6.93. The molecule has 22 heteroatoms. The maximum Gasteiger partial charge on any atom is 0.303 e. The molecule has 0 saturated carbocycles. The van der Waals surface area contributed by atoms with Crippen molar-refractivity contribution in [2.75, 3.05) is 39.5 Å². The van der Waals surface area contributed by atoms with E-state index in [-0.39, 0.29) is 56.8 Å². The van der Waals surface area contributed by atoms with E-state index in [2.05, 4.69) is 16.0 Å². The molecule has 63 heavy (non-hydrogen) atoms. The van der Waals surface area contributed by atoms with Crippen LogP contribution in [0.4, 0.5) is 0 Å². The average molecular weight is 907 g/mol. The summed E-state index contributed by atoms with van der Waals surface area (Å²) in [4.78, 5) is 83.9. The average Bonchev–Trinajstić information content (AvgIpc) is 3.22. The summed E-state index contributed by atoms with van der Waals surface area (Å²) in [6, 6.07) is -1.92. The lowest BCUT2D eigenvalue weighted by molar-refractivity contribution is -0.288. The fraction of sp³-hybridized carbons (Fsp3) is 0.829. The van der Waals surface area contributed by atoms with Crippen LogP contribution in [0.3, 0.4) is 0 Å². The number of rotatable bonds is 30. The lowest BCUT2D eigenvalue weighted by Crippen LogP contribution is -2.62. The largest absolute Gasteiger partial charge is 0.481 e. The molecule has 22 nitrogen and oxygen atoms in total. The van der Waals surface area contributed by atoms with Gasteiger partial charge in [-0.25, -0.2) is 0 Å². The van der Waals surface area contributed by atoms with Gasteiger partial charge in [-0.1, -0.05) is 13.3 Å². The number of esters is 3. The second-order valence-corrected chi connectivity index (χ2v) is 15.8. The lowest BCUT2D eigenvalue weighted by atomic mass is 9.92. The summed E-state index contributed by atoms with van der Waals surface area (Å²) in [5.74, 6) is -4.14. The van der Waals surface area contributed by atoms with Crippen LogP contribution in [0.15, 0.2) is 0 Å². The predicted molar refractivity (Wildman–Crippen MR) is 219 cm³/mol. The third-order valence-electron chi connectivity index (χ3n) is 10.4. The number of hydrogen-bond donors (Lipinski definition) is 8. The highest BCUT2D eigenvalue weighted by atomic mass is 16.7. The maximum absolute atomic E-state index is 13.1. The fourth-order valence-electron chi connectivity index (χ4n) is 6.93. The first kappa shape index (κ1) is 55.1. The third kappa shape index (κ3) is 21.5. The number of nitrogens with two attached hydrogens (primary N) is 1. The molecule has 0 spiro atoms. The van der Waals surface area contributed by atoms with Crippen LogP contribution in [-0.4, -0.2) is 163 Å². The Morgan fingerprint density at radius 3 is 1.86 bits per heavy atom. The monoisotopic (exact) mass is 906 g/mol. The highest BCUT2D eigenvalue weighted by molar-refractivity contribution is 5.87. The molecule has 2 aliphatic rings. The Labute approximate surface area is 367 Å². The first-order valence-corrected chi connectivity index (χ1v) is 21.7. The number of aliphatic hydroxyl groups is 3.